The summed E-state index contributed by atoms with van der Waals surface area (Å²) in [6, 6.07) is 22.8. The fourth-order valence-corrected chi connectivity index (χ4v) is 9.74. The van der Waals surface area contributed by atoms with Crippen LogP contribution in [0.5, 0.6) is 0 Å². The molecule has 1 N–H and O–H groups in total. The first-order valence-corrected chi connectivity index (χ1v) is 16.3. The van der Waals surface area contributed by atoms with E-state index in [1.54, 1.807) is 38.6 Å². The van der Waals surface area contributed by atoms with Crippen molar-refractivity contribution >= 4 is 51.6 Å². The van der Waals surface area contributed by atoms with Gasteiger partial charge in [0, 0.05) is 42.9 Å². The van der Waals surface area contributed by atoms with Crippen LogP contribution in [0.15, 0.2) is 98.1 Å². The molecule has 3 aliphatic rings. The normalized spacial score (nSPS) is 25.2. The Morgan fingerprint density at radius 3 is 2.30 bits per heavy atom. The molecule has 0 saturated carbocycles. The summed E-state index contributed by atoms with van der Waals surface area (Å²) in [4.78, 5) is 48.9. The summed E-state index contributed by atoms with van der Waals surface area (Å²) in [6.45, 7) is 8.83. The summed E-state index contributed by atoms with van der Waals surface area (Å²) < 4.78 is -0.703. The number of amides is 3. The van der Waals surface area contributed by atoms with Crippen molar-refractivity contribution in [2.45, 2.75) is 41.7 Å². The number of aliphatic hydroxyl groups excluding tert-OH is 1. The van der Waals surface area contributed by atoms with E-state index in [-0.39, 0.29) is 29.6 Å². The Morgan fingerprint density at radius 1 is 0.909 bits per heavy atom. The number of hydrogen-bond donors (Lipinski definition) is 1. The van der Waals surface area contributed by atoms with Gasteiger partial charge in [0.15, 0.2) is 0 Å². The molecule has 0 radical (unpaired) electrons. The van der Waals surface area contributed by atoms with Crippen LogP contribution in [0.25, 0.3) is 10.8 Å². The van der Waals surface area contributed by atoms with Crippen molar-refractivity contribution < 1.29 is 19.5 Å². The molecular weight excluding hydrogens is 570 g/mol. The second kappa shape index (κ2) is 12.6. The summed E-state index contributed by atoms with van der Waals surface area (Å²) in [6.07, 6.45) is 6.00. The fourth-order valence-electron chi connectivity index (χ4n) is 7.53. The van der Waals surface area contributed by atoms with Crippen molar-refractivity contribution in [3.8, 4) is 0 Å². The number of para-hydroxylation sites is 1. The van der Waals surface area contributed by atoms with Gasteiger partial charge in [-0.1, -0.05) is 60.7 Å². The van der Waals surface area contributed by atoms with E-state index in [9.17, 15) is 19.5 Å². The van der Waals surface area contributed by atoms with Gasteiger partial charge in [0.05, 0.1) is 16.6 Å². The summed E-state index contributed by atoms with van der Waals surface area (Å²) >= 11 is 1.67. The summed E-state index contributed by atoms with van der Waals surface area (Å²) in [7, 11) is 0. The first kappa shape index (κ1) is 30.2. The van der Waals surface area contributed by atoms with Crippen LogP contribution in [0.3, 0.4) is 0 Å². The van der Waals surface area contributed by atoms with E-state index in [0.29, 0.717) is 38.9 Å². The van der Waals surface area contributed by atoms with Gasteiger partial charge in [0.1, 0.15) is 6.04 Å². The van der Waals surface area contributed by atoms with Crippen molar-refractivity contribution in [1.82, 2.24) is 4.90 Å². The number of anilines is 2. The monoisotopic (exact) mass is 609 g/mol. The highest BCUT2D eigenvalue weighted by Gasteiger charge is 2.74. The minimum atomic E-state index is -0.720. The first-order chi connectivity index (χ1) is 21.4. The molecule has 3 aromatic carbocycles. The second-order valence-electron chi connectivity index (χ2n) is 11.9. The first-order valence-electron chi connectivity index (χ1n) is 15.4. The summed E-state index contributed by atoms with van der Waals surface area (Å²) in [5.74, 6) is -1.49. The minimum Gasteiger partial charge on any atom is -0.396 e. The molecule has 1 spiro atoms. The molecule has 2 unspecified atom stereocenters. The molecule has 3 saturated heterocycles. The highest BCUT2D eigenvalue weighted by molar-refractivity contribution is 8.02. The summed E-state index contributed by atoms with van der Waals surface area (Å²) in [5, 5.41) is 11.6. The van der Waals surface area contributed by atoms with Crippen LogP contribution >= 0.6 is 11.8 Å². The van der Waals surface area contributed by atoms with Crippen LogP contribution in [-0.4, -0.2) is 70.0 Å². The van der Waals surface area contributed by atoms with Crippen molar-refractivity contribution in [3.63, 3.8) is 0 Å². The van der Waals surface area contributed by atoms with Gasteiger partial charge in [-0.25, -0.2) is 0 Å². The number of unbranched alkanes of at least 4 members (excludes halogenated alkanes) is 1. The van der Waals surface area contributed by atoms with Gasteiger partial charge in [-0.05, 0) is 60.7 Å². The zero-order valence-corrected chi connectivity index (χ0v) is 25.7. The van der Waals surface area contributed by atoms with E-state index >= 15 is 0 Å². The lowest BCUT2D eigenvalue weighted by atomic mass is 9.70. The third-order valence-electron chi connectivity index (χ3n) is 9.39. The van der Waals surface area contributed by atoms with Crippen LogP contribution < -0.4 is 9.80 Å². The van der Waals surface area contributed by atoms with Gasteiger partial charge in [-0.15, -0.1) is 24.9 Å². The van der Waals surface area contributed by atoms with Crippen LogP contribution in [0, 0.1) is 11.8 Å². The van der Waals surface area contributed by atoms with E-state index in [4.69, 9.17) is 0 Å². The number of aliphatic hydroxyl groups is 1. The minimum absolute atomic E-state index is 0.0143. The third kappa shape index (κ3) is 5.04. The molecule has 3 fully saturated rings. The Hall–Kier alpha value is -3.88. The Kier molecular flexibility index (Phi) is 8.65. The highest BCUT2D eigenvalue weighted by atomic mass is 32.2. The number of rotatable bonds is 12. The molecule has 3 aliphatic heterocycles. The van der Waals surface area contributed by atoms with Gasteiger partial charge in [-0.3, -0.25) is 14.4 Å². The average molecular weight is 610 g/mol. The molecule has 228 valence electrons. The lowest BCUT2D eigenvalue weighted by molar-refractivity contribution is -0.139. The Balaban J connectivity index is 1.39. The summed E-state index contributed by atoms with van der Waals surface area (Å²) in [5.41, 5.74) is 1.52. The zero-order valence-electron chi connectivity index (χ0n) is 24.9. The molecule has 6 rings (SSSR count). The van der Waals surface area contributed by atoms with Gasteiger partial charge in [0.2, 0.25) is 11.8 Å². The molecule has 0 aliphatic carbocycles. The van der Waals surface area contributed by atoms with Crippen molar-refractivity contribution in [2.24, 2.45) is 11.8 Å². The topological polar surface area (TPSA) is 81.2 Å². The molecule has 2 bridgehead atoms. The maximum absolute atomic E-state index is 14.8. The van der Waals surface area contributed by atoms with Crippen LogP contribution in [-0.2, 0) is 14.4 Å². The van der Waals surface area contributed by atoms with Crippen molar-refractivity contribution in [3.05, 3.63) is 98.1 Å². The molecule has 3 heterocycles. The number of carbonyl (C=O) groups is 3. The van der Waals surface area contributed by atoms with E-state index in [1.807, 2.05) is 72.8 Å². The fraction of sp³-hybridized carbons (Fsp3) is 0.361. The van der Waals surface area contributed by atoms with E-state index < -0.39 is 22.6 Å². The Morgan fingerprint density at radius 2 is 1.59 bits per heavy atom. The standard InChI is InChI=1S/C36H39N3O4S/c1-3-20-37(27-14-6-5-7-15-27)33(41)30-29-18-19-36(44-29)31(30)34(42)39(22-10-11-23-40)32(36)35(43)38(21-4-2)28-17-16-25-12-8-9-13-26(25)24-28/h3-9,12-17,24,29-32,40H,1-2,10-11,18-23H2/t29-,30+,31-,32?,36?/m0/s1. The van der Waals surface area contributed by atoms with Crippen LogP contribution in [0.2, 0.25) is 0 Å². The number of thioether (sulfide) groups is 1. The quantitative estimate of drug-likeness (QED) is 0.219. The third-order valence-corrected chi connectivity index (χ3v) is 11.3. The number of nitrogens with zero attached hydrogens (tertiary/aromatic N) is 3. The average Bonchev–Trinajstić information content (AvgIpc) is 3.69. The number of likely N-dealkylation sites (tertiary alicyclic amines) is 1. The molecule has 0 aromatic heterocycles. The molecule has 3 amide bonds. The predicted octanol–water partition coefficient (Wildman–Crippen LogP) is 5.44. The maximum atomic E-state index is 14.8. The Bertz CT molecular complexity index is 1580. The van der Waals surface area contributed by atoms with Crippen molar-refractivity contribution in [2.75, 3.05) is 36.0 Å². The predicted molar refractivity (Wildman–Crippen MR) is 178 cm³/mol. The number of fused-ring (bicyclic) bond motifs is 2. The van der Waals surface area contributed by atoms with Crippen LogP contribution in [0.1, 0.15) is 25.7 Å². The second-order valence-corrected chi connectivity index (χ2v) is 13.5. The van der Waals surface area contributed by atoms with Gasteiger partial charge in [-0.2, -0.15) is 0 Å². The molecular formula is C36H39N3O4S. The van der Waals surface area contributed by atoms with Crippen molar-refractivity contribution in [1.29, 1.82) is 0 Å². The van der Waals surface area contributed by atoms with Gasteiger partial charge in [0.25, 0.3) is 5.91 Å². The molecule has 5 atom stereocenters. The maximum Gasteiger partial charge on any atom is 0.251 e. The van der Waals surface area contributed by atoms with Gasteiger partial charge >= 0.3 is 0 Å². The smallest absolute Gasteiger partial charge is 0.251 e. The zero-order chi connectivity index (χ0) is 30.8. The number of benzene rings is 3. The SMILES string of the molecule is C=CCN(C(=O)C1N(CCCCO)C(=O)[C@@H]2[C@H](C(=O)N(CC=C)c3ccccc3)[C@@H]3CCC12S3)c1ccc2ccccc2c1. The van der Waals surface area contributed by atoms with Gasteiger partial charge < -0.3 is 19.8 Å². The molecule has 8 heteroatoms. The largest absolute Gasteiger partial charge is 0.396 e. The van der Waals surface area contributed by atoms with E-state index in [2.05, 4.69) is 13.2 Å². The molecule has 7 nitrogen and oxygen atoms in total. The lowest BCUT2D eigenvalue weighted by Gasteiger charge is -2.37. The number of carbonyl (C=O) groups excluding carboxylic acids is 3. The van der Waals surface area contributed by atoms with E-state index in [0.717, 1.165) is 28.6 Å². The highest BCUT2D eigenvalue weighted by Crippen LogP contribution is 2.67. The molecule has 3 aromatic rings. The van der Waals surface area contributed by atoms with E-state index in [1.165, 1.54) is 0 Å². The Labute approximate surface area is 263 Å². The van der Waals surface area contributed by atoms with Crippen LogP contribution in [0.4, 0.5) is 11.4 Å². The molecule has 44 heavy (non-hydrogen) atoms. The lowest BCUT2D eigenvalue weighted by Crippen LogP contribution is -2.55. The number of hydrogen-bond acceptors (Lipinski definition) is 5.